The molecular formula is C20H16F3NO3. The van der Waals surface area contributed by atoms with Crippen molar-refractivity contribution in [3.63, 3.8) is 0 Å². The van der Waals surface area contributed by atoms with Crippen LogP contribution in [0.3, 0.4) is 0 Å². The van der Waals surface area contributed by atoms with Crippen molar-refractivity contribution in [2.24, 2.45) is 0 Å². The van der Waals surface area contributed by atoms with Crippen LogP contribution in [-0.2, 0) is 16.0 Å². The molecule has 0 spiro atoms. The fourth-order valence-electron chi connectivity index (χ4n) is 2.57. The molecule has 0 amide bonds. The molecule has 4 nitrogen and oxygen atoms in total. The maximum Gasteiger partial charge on any atom is 0.416 e. The molecule has 3 aromatic rings. The second kappa shape index (κ2) is 7.75. The molecule has 7 heteroatoms. The largest absolute Gasteiger partial charge is 0.416 e. The molecule has 0 atom stereocenters. The fraction of sp³-hybridized carbons (Fsp3) is 0.200. The molecule has 2 aromatic carbocycles. The first kappa shape index (κ1) is 18.8. The summed E-state index contributed by atoms with van der Waals surface area (Å²) >= 11 is 0. The molecule has 0 unspecified atom stereocenters. The van der Waals surface area contributed by atoms with Gasteiger partial charge in [-0.3, -0.25) is 4.89 Å². The number of benzene rings is 2. The third-order valence-electron chi connectivity index (χ3n) is 3.84. The number of halogens is 3. The van der Waals surface area contributed by atoms with Crippen molar-refractivity contribution in [3.8, 4) is 11.3 Å². The van der Waals surface area contributed by atoms with Crippen LogP contribution < -0.4 is 0 Å². The molecule has 0 aliphatic heterocycles. The average Bonchev–Trinajstić information content (AvgIpc) is 2.66. The zero-order chi connectivity index (χ0) is 19.4. The summed E-state index contributed by atoms with van der Waals surface area (Å²) in [5.41, 5.74) is 0.339. The van der Waals surface area contributed by atoms with Gasteiger partial charge in [-0.05, 0) is 30.7 Å². The minimum Gasteiger partial charge on any atom is -0.293 e. The molecule has 0 aliphatic carbocycles. The minimum absolute atomic E-state index is 0.170. The monoisotopic (exact) mass is 375 g/mol. The van der Waals surface area contributed by atoms with Crippen molar-refractivity contribution in [1.82, 2.24) is 4.98 Å². The van der Waals surface area contributed by atoms with Crippen LogP contribution in [0.1, 0.15) is 29.3 Å². The highest BCUT2D eigenvalue weighted by Crippen LogP contribution is 2.33. The highest BCUT2D eigenvalue weighted by molar-refractivity contribution is 6.04. The predicted molar refractivity (Wildman–Crippen MR) is 93.8 cm³/mol. The SMILES string of the molecule is CCCOOC(=O)c1cc(-c2cccc(C(F)(F)F)c2)nc2ccccc12. The number of carbonyl (C=O) groups is 1. The third kappa shape index (κ3) is 4.25. The number of carbonyl (C=O) groups excluding carboxylic acids is 1. The van der Waals surface area contributed by atoms with Gasteiger partial charge in [-0.25, -0.2) is 9.78 Å². The molecule has 0 N–H and O–H groups in total. The van der Waals surface area contributed by atoms with Gasteiger partial charge >= 0.3 is 12.1 Å². The van der Waals surface area contributed by atoms with Crippen molar-refractivity contribution in [3.05, 3.63) is 65.7 Å². The Morgan fingerprint density at radius 2 is 1.85 bits per heavy atom. The first-order chi connectivity index (χ1) is 12.9. The quantitative estimate of drug-likeness (QED) is 0.339. The van der Waals surface area contributed by atoms with Crippen LogP contribution in [0.25, 0.3) is 22.2 Å². The van der Waals surface area contributed by atoms with E-state index in [1.165, 1.54) is 18.2 Å². The molecule has 1 heterocycles. The lowest BCUT2D eigenvalue weighted by molar-refractivity contribution is -0.240. The van der Waals surface area contributed by atoms with Crippen LogP contribution in [0, 0.1) is 0 Å². The van der Waals surface area contributed by atoms with Gasteiger partial charge in [0.15, 0.2) is 0 Å². The van der Waals surface area contributed by atoms with E-state index in [2.05, 4.69) is 4.98 Å². The van der Waals surface area contributed by atoms with Crippen molar-refractivity contribution >= 4 is 16.9 Å². The van der Waals surface area contributed by atoms with Gasteiger partial charge in [0.1, 0.15) is 0 Å². The maximum atomic E-state index is 13.0. The van der Waals surface area contributed by atoms with Gasteiger partial charge in [0.2, 0.25) is 0 Å². The molecular weight excluding hydrogens is 359 g/mol. The molecule has 0 fully saturated rings. The van der Waals surface area contributed by atoms with Crippen molar-refractivity contribution in [2.75, 3.05) is 6.61 Å². The smallest absolute Gasteiger partial charge is 0.293 e. The van der Waals surface area contributed by atoms with Crippen molar-refractivity contribution in [1.29, 1.82) is 0 Å². The van der Waals surface area contributed by atoms with E-state index < -0.39 is 17.7 Å². The number of fused-ring (bicyclic) bond motifs is 1. The van der Waals surface area contributed by atoms with E-state index in [1.807, 2.05) is 6.92 Å². The van der Waals surface area contributed by atoms with Gasteiger partial charge in [0.05, 0.1) is 28.9 Å². The number of aromatic nitrogens is 1. The molecule has 27 heavy (non-hydrogen) atoms. The fourth-order valence-corrected chi connectivity index (χ4v) is 2.57. The zero-order valence-electron chi connectivity index (χ0n) is 14.4. The van der Waals surface area contributed by atoms with E-state index in [9.17, 15) is 18.0 Å². The number of hydrogen-bond acceptors (Lipinski definition) is 4. The second-order valence-electron chi connectivity index (χ2n) is 5.84. The molecule has 3 rings (SSSR count). The normalized spacial score (nSPS) is 11.6. The Hall–Kier alpha value is -2.93. The standard InChI is InChI=1S/C20H16F3NO3/c1-2-10-26-27-19(25)16-12-18(24-17-9-4-3-8-15(16)17)13-6-5-7-14(11-13)20(21,22)23/h3-9,11-12H,2,10H2,1H3. The number of alkyl halides is 3. The Labute approximate surface area is 153 Å². The summed E-state index contributed by atoms with van der Waals surface area (Å²) in [6, 6.07) is 13.0. The zero-order valence-corrected chi connectivity index (χ0v) is 14.4. The van der Waals surface area contributed by atoms with Crippen LogP contribution in [0.15, 0.2) is 54.6 Å². The van der Waals surface area contributed by atoms with Gasteiger partial charge in [-0.2, -0.15) is 18.1 Å². The molecule has 0 radical (unpaired) electrons. The van der Waals surface area contributed by atoms with Crippen LogP contribution in [0.2, 0.25) is 0 Å². The topological polar surface area (TPSA) is 48.4 Å². The Balaban J connectivity index is 2.08. The predicted octanol–water partition coefficient (Wildman–Crippen LogP) is 5.42. The Morgan fingerprint density at radius 3 is 2.59 bits per heavy atom. The second-order valence-corrected chi connectivity index (χ2v) is 5.84. The van der Waals surface area contributed by atoms with E-state index >= 15 is 0 Å². The minimum atomic E-state index is -4.47. The summed E-state index contributed by atoms with van der Waals surface area (Å²) in [6.45, 7) is 2.11. The summed E-state index contributed by atoms with van der Waals surface area (Å²) in [5.74, 6) is -0.727. The van der Waals surface area contributed by atoms with Crippen LogP contribution >= 0.6 is 0 Å². The van der Waals surface area contributed by atoms with Crippen molar-refractivity contribution < 1.29 is 27.7 Å². The number of hydrogen-bond donors (Lipinski definition) is 0. The maximum absolute atomic E-state index is 13.0. The highest BCUT2D eigenvalue weighted by Gasteiger charge is 2.30. The number of para-hydroxylation sites is 1. The lowest BCUT2D eigenvalue weighted by Gasteiger charge is -2.11. The average molecular weight is 375 g/mol. The summed E-state index contributed by atoms with van der Waals surface area (Å²) in [6.07, 6.45) is -3.80. The van der Waals surface area contributed by atoms with E-state index in [-0.39, 0.29) is 23.4 Å². The van der Waals surface area contributed by atoms with E-state index in [0.29, 0.717) is 17.3 Å². The number of pyridine rings is 1. The molecule has 0 saturated heterocycles. The lowest BCUT2D eigenvalue weighted by Crippen LogP contribution is -2.08. The van der Waals surface area contributed by atoms with Gasteiger partial charge in [-0.15, -0.1) is 0 Å². The van der Waals surface area contributed by atoms with Gasteiger partial charge in [0, 0.05) is 10.9 Å². The van der Waals surface area contributed by atoms with Gasteiger partial charge in [-0.1, -0.05) is 37.3 Å². The first-order valence-corrected chi connectivity index (χ1v) is 8.31. The van der Waals surface area contributed by atoms with Gasteiger partial charge < -0.3 is 0 Å². The summed E-state index contributed by atoms with van der Waals surface area (Å²) in [4.78, 5) is 26.4. The summed E-state index contributed by atoms with van der Waals surface area (Å²) < 4.78 is 39.0. The molecule has 0 bridgehead atoms. The molecule has 0 saturated carbocycles. The Kier molecular flexibility index (Phi) is 5.41. The van der Waals surface area contributed by atoms with E-state index in [1.54, 1.807) is 24.3 Å². The van der Waals surface area contributed by atoms with Gasteiger partial charge in [0.25, 0.3) is 0 Å². The summed E-state index contributed by atoms with van der Waals surface area (Å²) in [7, 11) is 0. The third-order valence-corrected chi connectivity index (χ3v) is 3.84. The number of rotatable bonds is 5. The molecule has 0 aliphatic rings. The van der Waals surface area contributed by atoms with Crippen molar-refractivity contribution in [2.45, 2.75) is 19.5 Å². The van der Waals surface area contributed by atoms with Crippen LogP contribution in [-0.4, -0.2) is 17.6 Å². The van der Waals surface area contributed by atoms with E-state index in [4.69, 9.17) is 9.78 Å². The Bertz CT molecular complexity index is 970. The van der Waals surface area contributed by atoms with Crippen LogP contribution in [0.5, 0.6) is 0 Å². The Morgan fingerprint density at radius 1 is 1.07 bits per heavy atom. The van der Waals surface area contributed by atoms with E-state index in [0.717, 1.165) is 12.1 Å². The lowest BCUT2D eigenvalue weighted by atomic mass is 10.0. The van der Waals surface area contributed by atoms with Crippen LogP contribution in [0.4, 0.5) is 13.2 Å². The highest BCUT2D eigenvalue weighted by atomic mass is 19.4. The molecule has 1 aromatic heterocycles. The molecule has 140 valence electrons. The summed E-state index contributed by atoms with van der Waals surface area (Å²) in [5, 5.41) is 0.526. The first-order valence-electron chi connectivity index (χ1n) is 8.31. The number of nitrogens with zero attached hydrogens (tertiary/aromatic N) is 1.